The van der Waals surface area contributed by atoms with E-state index in [9.17, 15) is 4.79 Å². The summed E-state index contributed by atoms with van der Waals surface area (Å²) in [5, 5.41) is 0. The number of hydrogen-bond acceptors (Lipinski definition) is 2. The average molecular weight is 113 g/mol. The van der Waals surface area contributed by atoms with Gasteiger partial charge in [-0.05, 0) is 6.54 Å². The number of ketones is 1. The molecule has 1 aliphatic rings. The van der Waals surface area contributed by atoms with Crippen molar-refractivity contribution < 1.29 is 4.79 Å². The fourth-order valence-electron chi connectivity index (χ4n) is 0.960. The maximum Gasteiger partial charge on any atom is 0.148 e. The largest absolute Gasteiger partial charge is 0.298 e. The number of likely N-dealkylation sites (tertiary alicyclic amines) is 1. The summed E-state index contributed by atoms with van der Waals surface area (Å²) in [4.78, 5) is 12.7. The molecule has 1 saturated heterocycles. The highest BCUT2D eigenvalue weighted by Crippen LogP contribution is 2.01. The van der Waals surface area contributed by atoms with Crippen molar-refractivity contribution in [2.45, 2.75) is 13.3 Å². The summed E-state index contributed by atoms with van der Waals surface area (Å²) in [6.07, 6.45) is 0.772. The molecule has 0 spiro atoms. The predicted molar refractivity (Wildman–Crippen MR) is 31.7 cm³/mol. The van der Waals surface area contributed by atoms with Crippen molar-refractivity contribution in [1.82, 2.24) is 4.90 Å². The van der Waals surface area contributed by atoms with Crippen molar-refractivity contribution in [2.75, 3.05) is 19.6 Å². The first-order chi connectivity index (χ1) is 3.83. The molecule has 46 valence electrons. The molecule has 1 aliphatic heterocycles. The molecule has 0 saturated carbocycles. The third kappa shape index (κ3) is 1.07. The van der Waals surface area contributed by atoms with Gasteiger partial charge in [0, 0.05) is 13.0 Å². The van der Waals surface area contributed by atoms with Crippen molar-refractivity contribution >= 4 is 5.78 Å². The van der Waals surface area contributed by atoms with Crippen molar-refractivity contribution in [3.8, 4) is 0 Å². The number of carbonyl (C=O) groups is 1. The van der Waals surface area contributed by atoms with Crippen LogP contribution in [0.3, 0.4) is 0 Å². The Morgan fingerprint density at radius 2 is 2.50 bits per heavy atom. The Labute approximate surface area is 49.5 Å². The van der Waals surface area contributed by atoms with E-state index in [1.54, 1.807) is 0 Å². The molecule has 0 bridgehead atoms. The summed E-state index contributed by atoms with van der Waals surface area (Å²) in [6, 6.07) is 0. The third-order valence-corrected chi connectivity index (χ3v) is 1.55. The lowest BCUT2D eigenvalue weighted by Gasteiger charge is -2.07. The summed E-state index contributed by atoms with van der Waals surface area (Å²) in [5.74, 6) is 0.395. The van der Waals surface area contributed by atoms with Crippen LogP contribution < -0.4 is 0 Å². The highest BCUT2D eigenvalue weighted by molar-refractivity contribution is 5.82. The zero-order chi connectivity index (χ0) is 5.98. The van der Waals surface area contributed by atoms with Crippen LogP contribution in [0.1, 0.15) is 13.3 Å². The second-order valence-corrected chi connectivity index (χ2v) is 2.16. The molecule has 1 fully saturated rings. The summed E-state index contributed by atoms with van der Waals surface area (Å²) >= 11 is 0. The van der Waals surface area contributed by atoms with Gasteiger partial charge in [0.2, 0.25) is 0 Å². The van der Waals surface area contributed by atoms with Crippen LogP contribution in [0, 0.1) is 0 Å². The smallest absolute Gasteiger partial charge is 0.148 e. The molecule has 0 radical (unpaired) electrons. The van der Waals surface area contributed by atoms with Gasteiger partial charge in [0.15, 0.2) is 0 Å². The number of nitrogens with zero attached hydrogens (tertiary/aromatic N) is 1. The van der Waals surface area contributed by atoms with Crippen LogP contribution in [0.5, 0.6) is 0 Å². The quantitative estimate of drug-likeness (QED) is 0.487. The van der Waals surface area contributed by atoms with Crippen molar-refractivity contribution in [3.63, 3.8) is 0 Å². The highest BCUT2D eigenvalue weighted by atomic mass is 16.1. The fraction of sp³-hybridized carbons (Fsp3) is 0.833. The summed E-state index contributed by atoms with van der Waals surface area (Å²) < 4.78 is 0. The average Bonchev–Trinajstić information content (AvgIpc) is 2.14. The lowest BCUT2D eigenvalue weighted by atomic mass is 10.4. The summed E-state index contributed by atoms with van der Waals surface area (Å²) in [6.45, 7) is 4.77. The molecule has 2 heteroatoms. The third-order valence-electron chi connectivity index (χ3n) is 1.55. The van der Waals surface area contributed by atoms with Gasteiger partial charge >= 0.3 is 0 Å². The fourth-order valence-corrected chi connectivity index (χ4v) is 0.960. The van der Waals surface area contributed by atoms with Crippen molar-refractivity contribution in [1.29, 1.82) is 0 Å². The standard InChI is InChI=1S/C6H11NO/c1-2-7-4-3-6(8)5-7/h2-5H2,1H3. The Balaban J connectivity index is 2.32. The van der Waals surface area contributed by atoms with Crippen molar-refractivity contribution in [2.24, 2.45) is 0 Å². The van der Waals surface area contributed by atoms with E-state index in [0.717, 1.165) is 19.5 Å². The number of hydrogen-bond donors (Lipinski definition) is 0. The van der Waals surface area contributed by atoms with E-state index < -0.39 is 0 Å². The van der Waals surface area contributed by atoms with Gasteiger partial charge in [-0.15, -0.1) is 0 Å². The molecule has 0 atom stereocenters. The van der Waals surface area contributed by atoms with Gasteiger partial charge in [-0.1, -0.05) is 6.92 Å². The molecule has 0 aromatic heterocycles. The van der Waals surface area contributed by atoms with Gasteiger partial charge in [-0.25, -0.2) is 0 Å². The molecule has 1 rings (SSSR count). The van der Waals surface area contributed by atoms with E-state index in [2.05, 4.69) is 11.8 Å². The zero-order valence-corrected chi connectivity index (χ0v) is 5.18. The van der Waals surface area contributed by atoms with E-state index in [1.807, 2.05) is 0 Å². The second kappa shape index (κ2) is 2.27. The van der Waals surface area contributed by atoms with Gasteiger partial charge in [-0.3, -0.25) is 9.69 Å². The van der Waals surface area contributed by atoms with Crippen LogP contribution in [0.2, 0.25) is 0 Å². The first-order valence-electron chi connectivity index (χ1n) is 3.07. The first kappa shape index (κ1) is 5.76. The maximum absolute atomic E-state index is 10.6. The molecule has 0 aliphatic carbocycles. The Hall–Kier alpha value is -0.370. The number of likely N-dealkylation sites (N-methyl/N-ethyl adjacent to an activating group) is 1. The maximum atomic E-state index is 10.6. The van der Waals surface area contributed by atoms with Gasteiger partial charge in [0.1, 0.15) is 5.78 Å². The Morgan fingerprint density at radius 1 is 1.75 bits per heavy atom. The van der Waals surface area contributed by atoms with E-state index in [4.69, 9.17) is 0 Å². The summed E-state index contributed by atoms with van der Waals surface area (Å²) in [7, 11) is 0. The van der Waals surface area contributed by atoms with Crippen LogP contribution in [0.25, 0.3) is 0 Å². The van der Waals surface area contributed by atoms with Gasteiger partial charge < -0.3 is 0 Å². The molecule has 0 aromatic carbocycles. The molecule has 1 heterocycles. The van der Waals surface area contributed by atoms with E-state index in [-0.39, 0.29) is 0 Å². The normalized spacial score (nSPS) is 22.4. The minimum Gasteiger partial charge on any atom is -0.298 e. The predicted octanol–water partition coefficient (Wildman–Crippen LogP) is 0.281. The Kier molecular flexibility index (Phi) is 1.63. The minimum absolute atomic E-state index is 0.395. The molecule has 0 aromatic rings. The lowest BCUT2D eigenvalue weighted by molar-refractivity contribution is -0.116. The second-order valence-electron chi connectivity index (χ2n) is 2.16. The number of rotatable bonds is 1. The zero-order valence-electron chi connectivity index (χ0n) is 5.18. The topological polar surface area (TPSA) is 20.3 Å². The van der Waals surface area contributed by atoms with Crippen LogP contribution in [-0.2, 0) is 4.79 Å². The molecular weight excluding hydrogens is 102 g/mol. The Bertz CT molecular complexity index is 101. The summed E-state index contributed by atoms with van der Waals surface area (Å²) in [5.41, 5.74) is 0. The molecular formula is C6H11NO. The SMILES string of the molecule is CCN1CCC(=O)C1. The minimum atomic E-state index is 0.395. The molecule has 2 nitrogen and oxygen atoms in total. The van der Waals surface area contributed by atoms with Crippen LogP contribution in [0.4, 0.5) is 0 Å². The van der Waals surface area contributed by atoms with Gasteiger partial charge in [-0.2, -0.15) is 0 Å². The van der Waals surface area contributed by atoms with Crippen molar-refractivity contribution in [3.05, 3.63) is 0 Å². The number of carbonyl (C=O) groups excluding carboxylic acids is 1. The van der Waals surface area contributed by atoms with E-state index in [0.29, 0.717) is 12.3 Å². The highest BCUT2D eigenvalue weighted by Gasteiger charge is 2.16. The molecule has 0 N–H and O–H groups in total. The molecule has 0 amide bonds. The first-order valence-corrected chi connectivity index (χ1v) is 3.07. The van der Waals surface area contributed by atoms with Crippen LogP contribution >= 0.6 is 0 Å². The lowest BCUT2D eigenvalue weighted by Crippen LogP contribution is -2.19. The van der Waals surface area contributed by atoms with Crippen LogP contribution in [-0.4, -0.2) is 30.3 Å². The van der Waals surface area contributed by atoms with Crippen LogP contribution in [0.15, 0.2) is 0 Å². The van der Waals surface area contributed by atoms with Gasteiger partial charge in [0.05, 0.1) is 6.54 Å². The molecule has 8 heavy (non-hydrogen) atoms. The van der Waals surface area contributed by atoms with Gasteiger partial charge in [0.25, 0.3) is 0 Å². The van der Waals surface area contributed by atoms with E-state index in [1.165, 1.54) is 0 Å². The molecule has 0 unspecified atom stereocenters. The van der Waals surface area contributed by atoms with E-state index >= 15 is 0 Å². The monoisotopic (exact) mass is 113 g/mol. The number of Topliss-reactive ketones (excluding diaryl/α,β-unsaturated/α-hetero) is 1. The Morgan fingerprint density at radius 3 is 2.75 bits per heavy atom.